The van der Waals surface area contributed by atoms with Gasteiger partial charge in [0, 0.05) is 24.1 Å². The van der Waals surface area contributed by atoms with Gasteiger partial charge in [0.1, 0.15) is 17.8 Å². The monoisotopic (exact) mass is 315 g/mol. The summed E-state index contributed by atoms with van der Waals surface area (Å²) in [6.07, 6.45) is 3.03. The van der Waals surface area contributed by atoms with Gasteiger partial charge in [0.05, 0.1) is 13.2 Å². The summed E-state index contributed by atoms with van der Waals surface area (Å²) in [5.41, 5.74) is 1.08. The molecule has 8 nitrogen and oxygen atoms in total. The Morgan fingerprint density at radius 1 is 1.43 bits per heavy atom. The number of carbonyl (C=O) groups excluding carboxylic acids is 1. The molecule has 0 bridgehead atoms. The molecule has 2 aromatic rings. The van der Waals surface area contributed by atoms with Crippen LogP contribution in [-0.2, 0) is 0 Å². The van der Waals surface area contributed by atoms with Gasteiger partial charge in [-0.1, -0.05) is 0 Å². The number of hydrogen-bond donors (Lipinski definition) is 1. The number of benzene rings is 1. The molecule has 8 heteroatoms. The molecule has 23 heavy (non-hydrogen) atoms. The standard InChI is InChI=1S/C15H17N5O3/c1-23-12-3-2-10(6-11(12)20-9-16-17-18-20)14(22)19-7-13(21)15(8-19)4-5-15/h2-3,6,9,13,21H,4-5,7-8H2,1H3. The van der Waals surface area contributed by atoms with Gasteiger partial charge < -0.3 is 14.7 Å². The lowest BCUT2D eigenvalue weighted by Gasteiger charge is -2.17. The van der Waals surface area contributed by atoms with Gasteiger partial charge >= 0.3 is 0 Å². The third-order valence-corrected chi connectivity index (χ3v) is 4.81. The molecule has 1 aromatic carbocycles. The summed E-state index contributed by atoms with van der Waals surface area (Å²) >= 11 is 0. The third-order valence-electron chi connectivity index (χ3n) is 4.81. The molecule has 2 fully saturated rings. The average Bonchev–Trinajstić information content (AvgIpc) is 3.02. The van der Waals surface area contributed by atoms with Crippen LogP contribution < -0.4 is 4.74 Å². The number of tetrazole rings is 1. The predicted octanol–water partition coefficient (Wildman–Crippen LogP) is 0.268. The zero-order valence-electron chi connectivity index (χ0n) is 12.7. The lowest BCUT2D eigenvalue weighted by Crippen LogP contribution is -2.29. The van der Waals surface area contributed by atoms with Crippen LogP contribution >= 0.6 is 0 Å². The van der Waals surface area contributed by atoms with Crippen molar-refractivity contribution in [3.63, 3.8) is 0 Å². The normalized spacial score (nSPS) is 21.7. The van der Waals surface area contributed by atoms with E-state index in [0.717, 1.165) is 12.8 Å². The van der Waals surface area contributed by atoms with Gasteiger partial charge in [0.25, 0.3) is 5.91 Å². The first kappa shape index (κ1) is 14.1. The smallest absolute Gasteiger partial charge is 0.254 e. The lowest BCUT2D eigenvalue weighted by atomic mass is 10.0. The van der Waals surface area contributed by atoms with Crippen LogP contribution in [0.1, 0.15) is 23.2 Å². The minimum atomic E-state index is -0.413. The Morgan fingerprint density at radius 3 is 2.87 bits per heavy atom. The van der Waals surface area contributed by atoms with Crippen molar-refractivity contribution < 1.29 is 14.6 Å². The molecule has 2 aliphatic rings. The van der Waals surface area contributed by atoms with E-state index in [1.54, 1.807) is 30.2 Å². The predicted molar refractivity (Wildman–Crippen MR) is 79.3 cm³/mol. The number of carbonyl (C=O) groups is 1. The molecule has 4 rings (SSSR count). The fourth-order valence-corrected chi connectivity index (χ4v) is 3.22. The van der Waals surface area contributed by atoms with E-state index in [4.69, 9.17) is 4.74 Å². The van der Waals surface area contributed by atoms with Gasteiger partial charge in [-0.25, -0.2) is 0 Å². The van der Waals surface area contributed by atoms with E-state index in [1.165, 1.54) is 11.0 Å². The van der Waals surface area contributed by atoms with E-state index in [9.17, 15) is 9.90 Å². The number of hydrogen-bond acceptors (Lipinski definition) is 6. The molecule has 1 atom stereocenters. The van der Waals surface area contributed by atoms with E-state index >= 15 is 0 Å². The molecular formula is C15H17N5O3. The van der Waals surface area contributed by atoms with Gasteiger partial charge in [-0.05, 0) is 41.5 Å². The number of β-amino-alcohol motifs (C(OH)–C–C–N with tert-alkyl or cyclic N) is 1. The van der Waals surface area contributed by atoms with Crippen LogP contribution in [0, 0.1) is 5.41 Å². The van der Waals surface area contributed by atoms with E-state index in [0.29, 0.717) is 30.1 Å². The second-order valence-corrected chi connectivity index (χ2v) is 6.20. The van der Waals surface area contributed by atoms with Crippen molar-refractivity contribution in [2.24, 2.45) is 5.41 Å². The highest BCUT2D eigenvalue weighted by atomic mass is 16.5. The van der Waals surface area contributed by atoms with Gasteiger partial charge in [0.2, 0.25) is 0 Å². The van der Waals surface area contributed by atoms with Crippen LogP contribution in [0.3, 0.4) is 0 Å². The molecule has 120 valence electrons. The van der Waals surface area contributed by atoms with Crippen molar-refractivity contribution in [2.45, 2.75) is 18.9 Å². The Bertz CT molecular complexity index is 742. The highest BCUT2D eigenvalue weighted by molar-refractivity contribution is 5.95. The van der Waals surface area contributed by atoms with Gasteiger partial charge in [-0.15, -0.1) is 5.10 Å². The van der Waals surface area contributed by atoms with Crippen molar-refractivity contribution in [2.75, 3.05) is 20.2 Å². The summed E-state index contributed by atoms with van der Waals surface area (Å²) in [5.74, 6) is 0.485. The minimum absolute atomic E-state index is 0.0548. The van der Waals surface area contributed by atoms with E-state index < -0.39 is 6.10 Å². The zero-order valence-corrected chi connectivity index (χ0v) is 12.7. The van der Waals surface area contributed by atoms with E-state index in [1.807, 2.05) is 0 Å². The molecule has 1 aliphatic heterocycles. The van der Waals surface area contributed by atoms with E-state index in [-0.39, 0.29) is 11.3 Å². The van der Waals surface area contributed by atoms with Gasteiger partial charge in [0.15, 0.2) is 0 Å². The Balaban J connectivity index is 1.64. The summed E-state index contributed by atoms with van der Waals surface area (Å²) in [6, 6.07) is 5.16. The molecule has 1 saturated carbocycles. The number of amides is 1. The number of aromatic nitrogens is 4. The molecule has 1 aromatic heterocycles. The van der Waals surface area contributed by atoms with Crippen molar-refractivity contribution in [1.82, 2.24) is 25.1 Å². The van der Waals surface area contributed by atoms with Crippen LogP contribution in [0.15, 0.2) is 24.5 Å². The SMILES string of the molecule is COc1ccc(C(=O)N2CC(O)C3(CC3)C2)cc1-n1cnnn1. The van der Waals surface area contributed by atoms with Crippen molar-refractivity contribution in [1.29, 1.82) is 0 Å². The largest absolute Gasteiger partial charge is 0.494 e. The molecule has 1 saturated heterocycles. The highest BCUT2D eigenvalue weighted by Crippen LogP contribution is 2.52. The van der Waals surface area contributed by atoms with Crippen molar-refractivity contribution >= 4 is 5.91 Å². The van der Waals surface area contributed by atoms with Crippen molar-refractivity contribution in [3.8, 4) is 11.4 Å². The minimum Gasteiger partial charge on any atom is -0.494 e. The second kappa shape index (κ2) is 5.02. The number of rotatable bonds is 3. The molecule has 1 amide bonds. The molecule has 1 N–H and O–H groups in total. The summed E-state index contributed by atoms with van der Waals surface area (Å²) in [5, 5.41) is 21.2. The first-order valence-electron chi connectivity index (χ1n) is 7.52. The summed E-state index contributed by atoms with van der Waals surface area (Å²) in [7, 11) is 1.55. The number of aliphatic hydroxyl groups excluding tert-OH is 1. The maximum absolute atomic E-state index is 12.7. The lowest BCUT2D eigenvalue weighted by molar-refractivity contribution is 0.0764. The Kier molecular flexibility index (Phi) is 3.08. The van der Waals surface area contributed by atoms with Crippen LogP contribution in [0.25, 0.3) is 5.69 Å². The molecule has 1 spiro atoms. The Morgan fingerprint density at radius 2 is 2.26 bits per heavy atom. The topological polar surface area (TPSA) is 93.4 Å². The quantitative estimate of drug-likeness (QED) is 0.874. The average molecular weight is 315 g/mol. The first-order valence-corrected chi connectivity index (χ1v) is 7.52. The van der Waals surface area contributed by atoms with Gasteiger partial charge in [-0.3, -0.25) is 4.79 Å². The van der Waals surface area contributed by atoms with Crippen LogP contribution in [0.4, 0.5) is 0 Å². The number of nitrogens with zero attached hydrogens (tertiary/aromatic N) is 5. The summed E-state index contributed by atoms with van der Waals surface area (Å²) < 4.78 is 6.76. The van der Waals surface area contributed by atoms with Crippen LogP contribution in [0.5, 0.6) is 5.75 Å². The summed E-state index contributed by atoms with van der Waals surface area (Å²) in [4.78, 5) is 14.5. The fourth-order valence-electron chi connectivity index (χ4n) is 3.22. The highest BCUT2D eigenvalue weighted by Gasteiger charge is 2.55. The maximum Gasteiger partial charge on any atom is 0.254 e. The second-order valence-electron chi connectivity index (χ2n) is 6.20. The van der Waals surface area contributed by atoms with Crippen LogP contribution in [0.2, 0.25) is 0 Å². The van der Waals surface area contributed by atoms with Crippen LogP contribution in [-0.4, -0.2) is 62.4 Å². The molecular weight excluding hydrogens is 298 g/mol. The third kappa shape index (κ3) is 2.26. The fraction of sp³-hybridized carbons (Fsp3) is 0.467. The number of ether oxygens (including phenoxy) is 1. The van der Waals surface area contributed by atoms with Crippen molar-refractivity contribution in [3.05, 3.63) is 30.1 Å². The molecule has 0 radical (unpaired) electrons. The first-order chi connectivity index (χ1) is 11.1. The maximum atomic E-state index is 12.7. The summed E-state index contributed by atoms with van der Waals surface area (Å²) in [6.45, 7) is 1.02. The number of aliphatic hydroxyl groups is 1. The Hall–Kier alpha value is -2.48. The van der Waals surface area contributed by atoms with E-state index in [2.05, 4.69) is 15.5 Å². The molecule has 1 unspecified atom stereocenters. The Labute approximate surface area is 132 Å². The molecule has 2 heterocycles. The molecule has 1 aliphatic carbocycles. The zero-order chi connectivity index (χ0) is 16.0. The van der Waals surface area contributed by atoms with Gasteiger partial charge in [-0.2, -0.15) is 4.68 Å². The number of likely N-dealkylation sites (tertiary alicyclic amines) is 1. The number of methoxy groups -OCH3 is 1.